The second kappa shape index (κ2) is 7.21. The molecular weight excluding hydrogens is 406 g/mol. The maximum Gasteiger partial charge on any atom is 0.411 e. The second-order valence-electron chi connectivity index (χ2n) is 8.86. The summed E-state index contributed by atoms with van der Waals surface area (Å²) in [4.78, 5) is 16.8. The van der Waals surface area contributed by atoms with Crippen molar-refractivity contribution in [1.29, 1.82) is 0 Å². The zero-order valence-electron chi connectivity index (χ0n) is 17.5. The Hall–Kier alpha value is -2.63. The summed E-state index contributed by atoms with van der Waals surface area (Å²) in [5.41, 5.74) is 5.40. The van der Waals surface area contributed by atoms with E-state index < -0.39 is 5.54 Å². The molecule has 158 valence electrons. The standard InChI is InChI=1S/C26H25NO3S/c1-26(24-23-17(11-15-29-24)12-16-31-23)13-6-14-27(26)25(28)30-22-20-9-4-2-7-18(20)19-8-3-5-10-21(19)22/h2-5,7-10,12,16,22,24H,6,11,13-15H2,1H3. The van der Waals surface area contributed by atoms with Crippen LogP contribution in [0.1, 0.15) is 53.5 Å². The molecule has 0 N–H and O–H groups in total. The average Bonchev–Trinajstić information content (AvgIpc) is 3.51. The van der Waals surface area contributed by atoms with Gasteiger partial charge >= 0.3 is 6.09 Å². The summed E-state index contributed by atoms with van der Waals surface area (Å²) in [7, 11) is 0. The van der Waals surface area contributed by atoms with Gasteiger partial charge in [0, 0.05) is 22.5 Å². The van der Waals surface area contributed by atoms with Crippen LogP contribution in [0.15, 0.2) is 60.0 Å². The predicted molar refractivity (Wildman–Crippen MR) is 121 cm³/mol. The smallest absolute Gasteiger partial charge is 0.411 e. The average molecular weight is 432 g/mol. The van der Waals surface area contributed by atoms with E-state index >= 15 is 0 Å². The predicted octanol–water partition coefficient (Wildman–Crippen LogP) is 6.12. The fraction of sp³-hybridized carbons (Fsp3) is 0.346. The Labute approximate surface area is 186 Å². The summed E-state index contributed by atoms with van der Waals surface area (Å²) in [6.45, 7) is 3.57. The summed E-state index contributed by atoms with van der Waals surface area (Å²) in [6.07, 6.45) is 2.13. The summed E-state index contributed by atoms with van der Waals surface area (Å²) < 4.78 is 12.5. The summed E-state index contributed by atoms with van der Waals surface area (Å²) in [5.74, 6) is 0. The highest BCUT2D eigenvalue weighted by molar-refractivity contribution is 7.10. The fourth-order valence-electron chi connectivity index (χ4n) is 5.57. The zero-order chi connectivity index (χ0) is 21.0. The van der Waals surface area contributed by atoms with Crippen molar-refractivity contribution < 1.29 is 14.3 Å². The zero-order valence-corrected chi connectivity index (χ0v) is 18.4. The molecule has 3 aliphatic rings. The molecule has 2 aromatic carbocycles. The van der Waals surface area contributed by atoms with Crippen LogP contribution in [0, 0.1) is 0 Å². The number of thiophene rings is 1. The molecule has 0 radical (unpaired) electrons. The topological polar surface area (TPSA) is 38.8 Å². The van der Waals surface area contributed by atoms with Gasteiger partial charge in [-0.1, -0.05) is 48.5 Å². The van der Waals surface area contributed by atoms with Crippen molar-refractivity contribution in [2.24, 2.45) is 0 Å². The van der Waals surface area contributed by atoms with E-state index in [1.54, 1.807) is 11.3 Å². The van der Waals surface area contributed by atoms with Crippen LogP contribution in [0.2, 0.25) is 0 Å². The van der Waals surface area contributed by atoms with Crippen molar-refractivity contribution in [3.8, 4) is 11.1 Å². The molecule has 3 heterocycles. The van der Waals surface area contributed by atoms with E-state index in [0.29, 0.717) is 13.2 Å². The fourth-order valence-corrected chi connectivity index (χ4v) is 6.71. The van der Waals surface area contributed by atoms with Crippen molar-refractivity contribution in [2.75, 3.05) is 13.2 Å². The third kappa shape index (κ3) is 2.87. The van der Waals surface area contributed by atoms with E-state index in [1.165, 1.54) is 10.4 Å². The Morgan fingerprint density at radius 1 is 1.10 bits per heavy atom. The van der Waals surface area contributed by atoms with Gasteiger partial charge in [-0.05, 0) is 54.3 Å². The Morgan fingerprint density at radius 2 is 1.81 bits per heavy atom. The van der Waals surface area contributed by atoms with Crippen LogP contribution in [0.5, 0.6) is 0 Å². The Balaban J connectivity index is 1.32. The number of ether oxygens (including phenoxy) is 2. The number of benzene rings is 2. The van der Waals surface area contributed by atoms with Crippen LogP contribution in [0.4, 0.5) is 4.79 Å². The van der Waals surface area contributed by atoms with E-state index in [1.807, 2.05) is 29.2 Å². The monoisotopic (exact) mass is 431 g/mol. The highest BCUT2D eigenvalue weighted by Crippen LogP contribution is 2.49. The molecule has 2 atom stereocenters. The molecule has 31 heavy (non-hydrogen) atoms. The number of hydrogen-bond donors (Lipinski definition) is 0. The highest BCUT2D eigenvalue weighted by Gasteiger charge is 2.50. The van der Waals surface area contributed by atoms with Gasteiger partial charge < -0.3 is 9.47 Å². The summed E-state index contributed by atoms with van der Waals surface area (Å²) in [5, 5.41) is 2.14. The van der Waals surface area contributed by atoms with Crippen LogP contribution in [-0.4, -0.2) is 29.7 Å². The molecule has 0 saturated carbocycles. The summed E-state index contributed by atoms with van der Waals surface area (Å²) >= 11 is 1.74. The number of likely N-dealkylation sites (tertiary alicyclic amines) is 1. The van der Waals surface area contributed by atoms with Crippen molar-refractivity contribution in [2.45, 2.75) is 43.9 Å². The SMILES string of the molecule is CC1(C2OCCc3ccsc32)CCCN1C(=O)OC1c2ccccc2-c2ccccc21. The van der Waals surface area contributed by atoms with Crippen LogP contribution in [0.25, 0.3) is 11.1 Å². The Bertz CT molecular complexity index is 1110. The van der Waals surface area contributed by atoms with Crippen LogP contribution < -0.4 is 0 Å². The van der Waals surface area contributed by atoms with E-state index in [9.17, 15) is 4.79 Å². The molecule has 1 fully saturated rings. The number of hydrogen-bond acceptors (Lipinski definition) is 4. The third-order valence-electron chi connectivity index (χ3n) is 7.14. The molecule has 3 aromatic rings. The minimum atomic E-state index is -0.394. The van der Waals surface area contributed by atoms with Gasteiger partial charge in [0.25, 0.3) is 0 Å². The lowest BCUT2D eigenvalue weighted by Crippen LogP contribution is -2.51. The van der Waals surface area contributed by atoms with Crippen LogP contribution in [-0.2, 0) is 15.9 Å². The van der Waals surface area contributed by atoms with E-state index in [-0.39, 0.29) is 18.3 Å². The minimum absolute atomic E-state index is 0.0885. The van der Waals surface area contributed by atoms with Gasteiger partial charge in [-0.2, -0.15) is 0 Å². The first-order chi connectivity index (χ1) is 15.2. The van der Waals surface area contributed by atoms with Crippen molar-refractivity contribution in [3.05, 3.63) is 81.5 Å². The first-order valence-corrected chi connectivity index (χ1v) is 11.9. The number of carbonyl (C=O) groups is 1. The number of nitrogens with zero attached hydrogens (tertiary/aromatic N) is 1. The first kappa shape index (κ1) is 19.1. The molecular formula is C26H25NO3S. The van der Waals surface area contributed by atoms with Crippen LogP contribution >= 0.6 is 11.3 Å². The largest absolute Gasteiger partial charge is 0.436 e. The van der Waals surface area contributed by atoms with Gasteiger partial charge in [-0.15, -0.1) is 11.3 Å². The lowest BCUT2D eigenvalue weighted by Gasteiger charge is -2.42. The number of fused-ring (bicyclic) bond motifs is 4. The summed E-state index contributed by atoms with van der Waals surface area (Å²) in [6, 6.07) is 18.7. The Kier molecular flexibility index (Phi) is 4.44. The van der Waals surface area contributed by atoms with Gasteiger partial charge in [0.05, 0.1) is 12.1 Å². The minimum Gasteiger partial charge on any atom is -0.436 e. The molecule has 2 unspecified atom stereocenters. The van der Waals surface area contributed by atoms with E-state index in [2.05, 4.69) is 42.6 Å². The molecule has 0 bridgehead atoms. The maximum atomic E-state index is 13.6. The van der Waals surface area contributed by atoms with Crippen molar-refractivity contribution in [1.82, 2.24) is 4.90 Å². The van der Waals surface area contributed by atoms with Crippen molar-refractivity contribution in [3.63, 3.8) is 0 Å². The first-order valence-electron chi connectivity index (χ1n) is 11.0. The molecule has 0 spiro atoms. The van der Waals surface area contributed by atoms with Gasteiger partial charge in [0.2, 0.25) is 0 Å². The third-order valence-corrected chi connectivity index (χ3v) is 8.14. The maximum absolute atomic E-state index is 13.6. The number of amides is 1. The quantitative estimate of drug-likeness (QED) is 0.490. The molecule has 6 rings (SSSR count). The molecule has 2 aliphatic heterocycles. The molecule has 1 aliphatic carbocycles. The normalized spacial score (nSPS) is 24.5. The van der Waals surface area contributed by atoms with Crippen LogP contribution in [0.3, 0.4) is 0 Å². The lowest BCUT2D eigenvalue weighted by molar-refractivity contribution is -0.0558. The Morgan fingerprint density at radius 3 is 2.55 bits per heavy atom. The molecule has 4 nitrogen and oxygen atoms in total. The molecule has 5 heteroatoms. The lowest BCUT2D eigenvalue weighted by atomic mass is 9.87. The van der Waals surface area contributed by atoms with E-state index in [4.69, 9.17) is 9.47 Å². The van der Waals surface area contributed by atoms with Gasteiger partial charge in [0.15, 0.2) is 6.10 Å². The highest BCUT2D eigenvalue weighted by atomic mass is 32.1. The van der Waals surface area contributed by atoms with Crippen molar-refractivity contribution >= 4 is 17.4 Å². The second-order valence-corrected chi connectivity index (χ2v) is 9.81. The van der Waals surface area contributed by atoms with Gasteiger partial charge in [-0.25, -0.2) is 4.79 Å². The van der Waals surface area contributed by atoms with Gasteiger partial charge in [-0.3, -0.25) is 4.90 Å². The number of carbonyl (C=O) groups excluding carboxylic acids is 1. The molecule has 1 aromatic heterocycles. The van der Waals surface area contributed by atoms with E-state index in [0.717, 1.165) is 41.5 Å². The molecule has 1 amide bonds. The number of rotatable bonds is 2. The molecule has 1 saturated heterocycles. The van der Waals surface area contributed by atoms with Gasteiger partial charge in [0.1, 0.15) is 6.10 Å².